The number of aromatic hydroxyl groups is 1. The molecule has 87 heavy (non-hydrogen) atoms. The highest BCUT2D eigenvalue weighted by atomic mass is 32.2. The molecule has 4 aromatic rings. The number of rotatable bonds is 36. The molecule has 0 saturated heterocycles. The number of fused-ring (bicyclic) bond motifs is 5. The van der Waals surface area contributed by atoms with Crippen molar-refractivity contribution in [3.63, 3.8) is 0 Å². The topological polar surface area (TPSA) is 133 Å². The molecule has 0 spiro atoms. The fourth-order valence-corrected chi connectivity index (χ4v) is 16.7. The lowest BCUT2D eigenvalue weighted by Crippen LogP contribution is -2.51. The Kier molecular flexibility index (Phi) is 25.4. The highest BCUT2D eigenvalue weighted by Gasteiger charge is 2.59. The summed E-state index contributed by atoms with van der Waals surface area (Å²) in [6.07, 6.45) is 49.6. The first-order valence-electron chi connectivity index (χ1n) is 34.5. The van der Waals surface area contributed by atoms with Crippen LogP contribution in [-0.2, 0) is 9.53 Å². The highest BCUT2D eigenvalue weighted by Crippen LogP contribution is 2.67. The molecule has 1 heterocycles. The van der Waals surface area contributed by atoms with E-state index in [1.165, 1.54) is 147 Å². The van der Waals surface area contributed by atoms with Gasteiger partial charge in [0.25, 0.3) is 5.22 Å². The van der Waals surface area contributed by atoms with Gasteiger partial charge in [-0.15, -0.1) is 10.2 Å². The third-order valence-electron chi connectivity index (χ3n) is 21.0. The van der Waals surface area contributed by atoms with Crippen molar-refractivity contribution in [1.82, 2.24) is 10.2 Å². The smallest absolute Gasteiger partial charge is 0.343 e. The lowest BCUT2D eigenvalue weighted by molar-refractivity contribution is -0.151. The third kappa shape index (κ3) is 19.1. The van der Waals surface area contributed by atoms with E-state index < -0.39 is 5.97 Å². The number of benzene rings is 3. The van der Waals surface area contributed by atoms with Gasteiger partial charge in [0.05, 0.1) is 17.9 Å². The number of aromatic nitrogens is 2. The monoisotopic (exact) mass is 1200 g/mol. The Hall–Kier alpha value is -5.42. The van der Waals surface area contributed by atoms with Crippen LogP contribution in [0.4, 0.5) is 5.69 Å². The number of hydrogen-bond acceptors (Lipinski definition) is 11. The second-order valence-electron chi connectivity index (χ2n) is 27.6. The summed E-state index contributed by atoms with van der Waals surface area (Å²) in [6.45, 7) is 13.2. The van der Waals surface area contributed by atoms with Crippen molar-refractivity contribution in [2.45, 2.75) is 239 Å². The predicted octanol–water partition coefficient (Wildman–Crippen LogP) is 21.0. The van der Waals surface area contributed by atoms with Gasteiger partial charge in [0.2, 0.25) is 5.89 Å². The third-order valence-corrected chi connectivity index (χ3v) is 21.9. The summed E-state index contributed by atoms with van der Waals surface area (Å²) in [5.41, 5.74) is 4.77. The number of phenols is 1. The summed E-state index contributed by atoms with van der Waals surface area (Å²) < 4.78 is 23.7. The summed E-state index contributed by atoms with van der Waals surface area (Å²) in [4.78, 5) is 30.5. The van der Waals surface area contributed by atoms with Crippen LogP contribution in [-0.4, -0.2) is 51.9 Å². The molecule has 8 atom stereocenters. The van der Waals surface area contributed by atoms with Crippen LogP contribution >= 0.6 is 11.8 Å². The van der Waals surface area contributed by atoms with Crippen molar-refractivity contribution in [3.05, 3.63) is 114 Å². The number of esters is 2. The van der Waals surface area contributed by atoms with Gasteiger partial charge in [-0.05, 0) is 184 Å². The lowest BCUT2D eigenvalue weighted by atomic mass is 9.47. The van der Waals surface area contributed by atoms with Crippen molar-refractivity contribution in [1.29, 1.82) is 0 Å². The molecule has 5 aliphatic rings. The zero-order chi connectivity index (χ0) is 60.9. The van der Waals surface area contributed by atoms with E-state index in [0.29, 0.717) is 52.3 Å². The molecule has 9 rings (SSSR count). The van der Waals surface area contributed by atoms with Gasteiger partial charge in [-0.3, -0.25) is 9.79 Å². The average Bonchev–Trinajstić information content (AvgIpc) is 2.29. The molecule has 11 heteroatoms. The molecular weight excluding hydrogens is 1100 g/mol. The summed E-state index contributed by atoms with van der Waals surface area (Å²) in [7, 11) is 0. The first kappa shape index (κ1) is 66.0. The first-order valence-corrected chi connectivity index (χ1v) is 35.5. The Labute approximate surface area is 527 Å². The second-order valence-corrected chi connectivity index (χ2v) is 28.7. The van der Waals surface area contributed by atoms with Crippen LogP contribution in [0.5, 0.6) is 17.2 Å². The molecule has 1 aromatic heterocycles. The fourth-order valence-electron chi connectivity index (χ4n) is 15.9. The Balaban J connectivity index is 0.578. The zero-order valence-electron chi connectivity index (χ0n) is 53.7. The van der Waals surface area contributed by atoms with Crippen molar-refractivity contribution >= 4 is 35.6 Å². The Bertz CT molecular complexity index is 2880. The number of carbonyl (C=O) groups excluding carboxylic acids is 2. The minimum Gasteiger partial charge on any atom is -0.507 e. The van der Waals surface area contributed by atoms with Gasteiger partial charge in [-0.1, -0.05) is 191 Å². The predicted molar refractivity (Wildman–Crippen MR) is 355 cm³/mol. The standard InChI is InChI=1S/C76H105N3O7S/c1-55(2)26-25-27-56(3)67-44-45-68-66-43-37-61-52-65(46-48-75(61,4)69(66)47-49-76(67,68)5)84-71(81)31-20-16-12-8-10-14-18-24-51-87-74-79-78-72(86-74)58-32-38-62(39-33-58)77-54-60-36-42-64(53-70(60)80)85-73(82)59-34-40-63(41-35-59)83-50-23-17-13-9-6-7-11-15-19-28-57-29-21-22-30-57/h21-22,29-30,32-42,53-57,65-69,80H,6-20,23-28,31,43-52H2,1-5H3/t56-,65?,66+,67-,68+,69+,75+,76-/m1/s1. The van der Waals surface area contributed by atoms with Crippen molar-refractivity contribution in [2.75, 3.05) is 12.4 Å². The average molecular weight is 1200 g/mol. The van der Waals surface area contributed by atoms with Gasteiger partial charge in [0, 0.05) is 42.0 Å². The van der Waals surface area contributed by atoms with Gasteiger partial charge in [-0.2, -0.15) is 0 Å². The van der Waals surface area contributed by atoms with Crippen LogP contribution in [0.25, 0.3) is 11.5 Å². The highest BCUT2D eigenvalue weighted by molar-refractivity contribution is 7.99. The van der Waals surface area contributed by atoms with Gasteiger partial charge in [0.1, 0.15) is 23.4 Å². The number of thioether (sulfide) groups is 1. The summed E-state index contributed by atoms with van der Waals surface area (Å²) >= 11 is 1.59. The molecule has 0 aliphatic heterocycles. The largest absolute Gasteiger partial charge is 0.507 e. The van der Waals surface area contributed by atoms with Crippen LogP contribution in [0.1, 0.15) is 243 Å². The minimum atomic E-state index is -0.519. The molecule has 1 unspecified atom stereocenters. The number of hydrogen-bond donors (Lipinski definition) is 1. The summed E-state index contributed by atoms with van der Waals surface area (Å²) in [5, 5.41) is 19.9. The van der Waals surface area contributed by atoms with Crippen LogP contribution < -0.4 is 9.47 Å². The Morgan fingerprint density at radius 3 is 2.15 bits per heavy atom. The normalized spacial score (nSPS) is 23.6. The van der Waals surface area contributed by atoms with Crippen LogP contribution in [0.3, 0.4) is 0 Å². The first-order chi connectivity index (χ1) is 42.3. The van der Waals surface area contributed by atoms with E-state index in [1.807, 2.05) is 24.3 Å². The molecule has 3 aromatic carbocycles. The number of aliphatic imine (C=N–C) groups is 1. The van der Waals surface area contributed by atoms with E-state index >= 15 is 0 Å². The van der Waals surface area contributed by atoms with Gasteiger partial charge in [0.15, 0.2) is 0 Å². The summed E-state index contributed by atoms with van der Waals surface area (Å²) in [5.74, 6) is 7.51. The molecule has 5 aliphatic carbocycles. The fraction of sp³-hybridized carbons (Fsp3) is 0.618. The van der Waals surface area contributed by atoms with E-state index in [2.05, 4.69) is 80.2 Å². The zero-order valence-corrected chi connectivity index (χ0v) is 54.5. The van der Waals surface area contributed by atoms with Crippen molar-refractivity contribution in [3.8, 4) is 28.7 Å². The number of nitrogens with zero attached hydrogens (tertiary/aromatic N) is 3. The van der Waals surface area contributed by atoms with E-state index in [9.17, 15) is 14.7 Å². The molecular formula is C76H105N3O7S. The van der Waals surface area contributed by atoms with Crippen molar-refractivity contribution < 1.29 is 33.3 Å². The number of unbranched alkanes of at least 4 members (excludes halogenated alkanes) is 15. The molecule has 10 nitrogen and oxygen atoms in total. The second kappa shape index (κ2) is 33.4. The Morgan fingerprint density at radius 1 is 0.736 bits per heavy atom. The molecule has 3 saturated carbocycles. The minimum absolute atomic E-state index is 0.00835. The molecule has 0 bridgehead atoms. The van der Waals surface area contributed by atoms with Crippen LogP contribution in [0.2, 0.25) is 0 Å². The van der Waals surface area contributed by atoms with Gasteiger partial charge >= 0.3 is 11.9 Å². The van der Waals surface area contributed by atoms with E-state index in [0.717, 1.165) is 97.5 Å². The van der Waals surface area contributed by atoms with Gasteiger partial charge < -0.3 is 23.7 Å². The van der Waals surface area contributed by atoms with Crippen molar-refractivity contribution in [2.24, 2.45) is 57.2 Å². The van der Waals surface area contributed by atoms with E-state index in [-0.39, 0.29) is 29.0 Å². The van der Waals surface area contributed by atoms with E-state index in [1.54, 1.807) is 59.9 Å². The SMILES string of the molecule is CC(C)CCC[C@@H](C)[C@H]1CC[C@H]2[C@@H]3CC=C4CC(OC(=O)CCCCCCCCCCSc5nnc(-c6ccc(N=Cc7ccc(OC(=O)c8ccc(OCCCCCCCCCCCC9C=CC=C9)cc8)cc7O)cc6)o5)CC[C@]4(C)[C@H]3CC[C@]12C. The van der Waals surface area contributed by atoms with Gasteiger partial charge in [-0.25, -0.2) is 4.79 Å². The molecule has 0 radical (unpaired) electrons. The molecule has 1 N–H and O–H groups in total. The van der Waals surface area contributed by atoms with E-state index in [4.69, 9.17) is 18.6 Å². The maximum absolute atomic E-state index is 13.1. The number of ether oxygens (including phenoxy) is 3. The number of carbonyl (C=O) groups is 2. The molecule has 472 valence electrons. The molecule has 3 fully saturated rings. The summed E-state index contributed by atoms with van der Waals surface area (Å²) in [6, 6.07) is 19.2. The van der Waals surface area contributed by atoms with Crippen LogP contribution in [0, 0.1) is 52.3 Å². The number of phenolic OH excluding ortho intramolecular Hbond substituents is 1. The lowest BCUT2D eigenvalue weighted by Gasteiger charge is -2.58. The quantitative estimate of drug-likeness (QED) is 0.0117. The maximum atomic E-state index is 13.1. The Morgan fingerprint density at radius 2 is 1.43 bits per heavy atom. The number of allylic oxidation sites excluding steroid dienone is 5. The van der Waals surface area contributed by atoms with Crippen LogP contribution in [0.15, 0.2) is 117 Å². The molecule has 0 amide bonds. The maximum Gasteiger partial charge on any atom is 0.343 e.